The number of hydrogen-bond donors (Lipinski definition) is 2. The van der Waals surface area contributed by atoms with E-state index < -0.39 is 0 Å². The summed E-state index contributed by atoms with van der Waals surface area (Å²) in [6, 6.07) is 14.1. The van der Waals surface area contributed by atoms with E-state index in [0.29, 0.717) is 34.7 Å². The highest BCUT2D eigenvalue weighted by Crippen LogP contribution is 2.29. The minimum atomic E-state index is -0.357. The Morgan fingerprint density at radius 2 is 1.79 bits per heavy atom. The molecule has 3 rings (SSSR count). The molecule has 144 valence electrons. The molecule has 1 heterocycles. The van der Waals surface area contributed by atoms with Gasteiger partial charge in [-0.05, 0) is 35.9 Å². The average molecular weight is 399 g/mol. The summed E-state index contributed by atoms with van der Waals surface area (Å²) in [5, 5.41) is 6.55. The van der Waals surface area contributed by atoms with E-state index in [0.717, 1.165) is 5.56 Å². The molecule has 2 N–H and O–H groups in total. The monoisotopic (exact) mass is 398 g/mol. The SMILES string of the molecule is COc1ccc(NC(=O)c2ccnc(NCc3ccc(Cl)cc3)n2)cc1OC. The number of ether oxygens (including phenoxy) is 2. The highest BCUT2D eigenvalue weighted by atomic mass is 35.5. The third-order valence-electron chi connectivity index (χ3n) is 3.89. The van der Waals surface area contributed by atoms with Crippen molar-refractivity contribution in [2.75, 3.05) is 24.9 Å². The number of hydrogen-bond acceptors (Lipinski definition) is 6. The lowest BCUT2D eigenvalue weighted by molar-refractivity contribution is 0.102. The zero-order chi connectivity index (χ0) is 19.9. The summed E-state index contributed by atoms with van der Waals surface area (Å²) in [5.41, 5.74) is 1.83. The molecule has 0 bridgehead atoms. The molecule has 0 unspecified atom stereocenters. The Hall–Kier alpha value is -3.32. The normalized spacial score (nSPS) is 10.2. The van der Waals surface area contributed by atoms with Gasteiger partial charge in [-0.3, -0.25) is 4.79 Å². The van der Waals surface area contributed by atoms with Crippen LogP contribution in [0.1, 0.15) is 16.1 Å². The van der Waals surface area contributed by atoms with Gasteiger partial charge in [-0.25, -0.2) is 9.97 Å². The van der Waals surface area contributed by atoms with Crippen molar-refractivity contribution in [3.05, 3.63) is 71.0 Å². The summed E-state index contributed by atoms with van der Waals surface area (Å²) in [4.78, 5) is 20.9. The molecule has 0 atom stereocenters. The molecule has 2 aromatic carbocycles. The van der Waals surface area contributed by atoms with Crippen molar-refractivity contribution in [1.29, 1.82) is 0 Å². The van der Waals surface area contributed by atoms with Crippen LogP contribution in [0.25, 0.3) is 0 Å². The number of rotatable bonds is 7. The van der Waals surface area contributed by atoms with E-state index in [1.54, 1.807) is 31.4 Å². The predicted octanol–water partition coefficient (Wildman–Crippen LogP) is 4.01. The Labute approximate surface area is 167 Å². The number of aromatic nitrogens is 2. The zero-order valence-electron chi connectivity index (χ0n) is 15.4. The van der Waals surface area contributed by atoms with E-state index >= 15 is 0 Å². The summed E-state index contributed by atoms with van der Waals surface area (Å²) < 4.78 is 10.4. The van der Waals surface area contributed by atoms with Gasteiger partial charge in [0.2, 0.25) is 5.95 Å². The molecule has 8 heteroatoms. The number of carbonyl (C=O) groups excluding carboxylic acids is 1. The lowest BCUT2D eigenvalue weighted by Crippen LogP contribution is -2.15. The third kappa shape index (κ3) is 4.89. The second-order valence-electron chi connectivity index (χ2n) is 5.77. The van der Waals surface area contributed by atoms with Crippen LogP contribution >= 0.6 is 11.6 Å². The summed E-state index contributed by atoms with van der Waals surface area (Å²) in [6.45, 7) is 0.512. The molecule has 3 aromatic rings. The Morgan fingerprint density at radius 1 is 1.04 bits per heavy atom. The van der Waals surface area contributed by atoms with Gasteiger partial charge in [0, 0.05) is 29.5 Å². The first-order valence-corrected chi connectivity index (χ1v) is 8.81. The van der Waals surface area contributed by atoms with Gasteiger partial charge in [-0.1, -0.05) is 23.7 Å². The van der Waals surface area contributed by atoms with Gasteiger partial charge in [0.05, 0.1) is 14.2 Å². The first-order valence-electron chi connectivity index (χ1n) is 8.44. The summed E-state index contributed by atoms with van der Waals surface area (Å²) in [5.74, 6) is 1.10. The van der Waals surface area contributed by atoms with Gasteiger partial charge in [-0.15, -0.1) is 0 Å². The van der Waals surface area contributed by atoms with Gasteiger partial charge < -0.3 is 20.1 Å². The summed E-state index contributed by atoms with van der Waals surface area (Å²) in [7, 11) is 3.09. The second kappa shape index (κ2) is 9.05. The Kier molecular flexibility index (Phi) is 6.29. The molecular formula is C20H19ClN4O3. The molecule has 0 aliphatic rings. The highest BCUT2D eigenvalue weighted by molar-refractivity contribution is 6.30. The van der Waals surface area contributed by atoms with E-state index in [1.165, 1.54) is 13.3 Å². The van der Waals surface area contributed by atoms with Crippen LogP contribution in [0.3, 0.4) is 0 Å². The number of amides is 1. The van der Waals surface area contributed by atoms with Gasteiger partial charge in [0.1, 0.15) is 5.69 Å². The van der Waals surface area contributed by atoms with Crippen LogP contribution in [0.5, 0.6) is 11.5 Å². The first kappa shape index (κ1) is 19.4. The quantitative estimate of drug-likeness (QED) is 0.625. The van der Waals surface area contributed by atoms with E-state index in [9.17, 15) is 4.79 Å². The van der Waals surface area contributed by atoms with Crippen molar-refractivity contribution < 1.29 is 14.3 Å². The standard InChI is InChI=1S/C20H19ClN4O3/c1-27-17-8-7-15(11-18(17)28-2)24-19(26)16-9-10-22-20(25-16)23-12-13-3-5-14(21)6-4-13/h3-11H,12H2,1-2H3,(H,24,26)(H,22,23,25). The molecule has 0 saturated carbocycles. The molecule has 28 heavy (non-hydrogen) atoms. The van der Waals surface area contributed by atoms with E-state index in [2.05, 4.69) is 20.6 Å². The van der Waals surface area contributed by atoms with Crippen molar-refractivity contribution in [3.63, 3.8) is 0 Å². The second-order valence-corrected chi connectivity index (χ2v) is 6.21. The predicted molar refractivity (Wildman–Crippen MR) is 108 cm³/mol. The van der Waals surface area contributed by atoms with Crippen molar-refractivity contribution in [1.82, 2.24) is 9.97 Å². The van der Waals surface area contributed by atoms with Crippen molar-refractivity contribution in [2.24, 2.45) is 0 Å². The van der Waals surface area contributed by atoms with Crippen molar-refractivity contribution >= 4 is 29.1 Å². The Morgan fingerprint density at radius 3 is 2.50 bits per heavy atom. The number of anilines is 2. The van der Waals surface area contributed by atoms with Gasteiger partial charge in [0.15, 0.2) is 11.5 Å². The Balaban J connectivity index is 1.67. The van der Waals surface area contributed by atoms with Crippen molar-refractivity contribution in [2.45, 2.75) is 6.54 Å². The van der Waals surface area contributed by atoms with Crippen LogP contribution < -0.4 is 20.1 Å². The number of methoxy groups -OCH3 is 2. The third-order valence-corrected chi connectivity index (χ3v) is 4.15. The maximum Gasteiger partial charge on any atom is 0.274 e. The fraction of sp³-hybridized carbons (Fsp3) is 0.150. The number of halogens is 1. The number of benzene rings is 2. The highest BCUT2D eigenvalue weighted by Gasteiger charge is 2.11. The number of carbonyl (C=O) groups is 1. The topological polar surface area (TPSA) is 85.4 Å². The van der Waals surface area contributed by atoms with Crippen LogP contribution in [-0.4, -0.2) is 30.1 Å². The minimum absolute atomic E-state index is 0.239. The van der Waals surface area contributed by atoms with Crippen LogP contribution in [0.2, 0.25) is 5.02 Å². The molecule has 0 saturated heterocycles. The average Bonchev–Trinajstić information content (AvgIpc) is 2.73. The van der Waals surface area contributed by atoms with Crippen LogP contribution in [-0.2, 0) is 6.54 Å². The molecular weight excluding hydrogens is 380 g/mol. The maximum absolute atomic E-state index is 12.5. The molecule has 0 fully saturated rings. The van der Waals surface area contributed by atoms with E-state index in [-0.39, 0.29) is 11.6 Å². The minimum Gasteiger partial charge on any atom is -0.493 e. The zero-order valence-corrected chi connectivity index (χ0v) is 16.2. The fourth-order valence-corrected chi connectivity index (χ4v) is 2.59. The fourth-order valence-electron chi connectivity index (χ4n) is 2.46. The van der Waals surface area contributed by atoms with Crippen LogP contribution in [0, 0.1) is 0 Å². The van der Waals surface area contributed by atoms with Gasteiger partial charge in [0.25, 0.3) is 5.91 Å². The lowest BCUT2D eigenvalue weighted by Gasteiger charge is -2.11. The molecule has 1 aromatic heterocycles. The Bertz CT molecular complexity index is 964. The number of nitrogens with one attached hydrogen (secondary N) is 2. The number of nitrogens with zero attached hydrogens (tertiary/aromatic N) is 2. The molecule has 0 aliphatic carbocycles. The van der Waals surface area contributed by atoms with E-state index in [4.69, 9.17) is 21.1 Å². The molecule has 7 nitrogen and oxygen atoms in total. The van der Waals surface area contributed by atoms with Gasteiger partial charge in [-0.2, -0.15) is 0 Å². The molecule has 0 radical (unpaired) electrons. The molecule has 0 spiro atoms. The van der Waals surface area contributed by atoms with Gasteiger partial charge >= 0.3 is 0 Å². The largest absolute Gasteiger partial charge is 0.493 e. The van der Waals surface area contributed by atoms with E-state index in [1.807, 2.05) is 24.3 Å². The lowest BCUT2D eigenvalue weighted by atomic mass is 10.2. The van der Waals surface area contributed by atoms with Crippen LogP contribution in [0.15, 0.2) is 54.7 Å². The smallest absolute Gasteiger partial charge is 0.274 e. The summed E-state index contributed by atoms with van der Waals surface area (Å²) >= 11 is 5.88. The first-order chi connectivity index (χ1) is 13.6. The van der Waals surface area contributed by atoms with Crippen LogP contribution in [0.4, 0.5) is 11.6 Å². The van der Waals surface area contributed by atoms with Crippen molar-refractivity contribution in [3.8, 4) is 11.5 Å². The maximum atomic E-state index is 12.5. The molecule has 0 aliphatic heterocycles. The molecule has 1 amide bonds. The summed E-state index contributed by atoms with van der Waals surface area (Å²) in [6.07, 6.45) is 1.53.